The number of carbonyl (C=O) groups is 1. The number of esters is 1. The summed E-state index contributed by atoms with van der Waals surface area (Å²) in [6.45, 7) is 4.60. The molecule has 0 aromatic heterocycles. The molecule has 22 heavy (non-hydrogen) atoms. The monoisotopic (exact) mass is 308 g/mol. The van der Waals surface area contributed by atoms with Gasteiger partial charge in [0, 0.05) is 6.42 Å². The van der Waals surface area contributed by atoms with E-state index in [0.717, 1.165) is 25.7 Å². The largest absolute Gasteiger partial charge is 0.466 e. The molecule has 0 heterocycles. The first-order chi connectivity index (χ1) is 10.8. The molecule has 2 heteroatoms. The summed E-state index contributed by atoms with van der Waals surface area (Å²) < 4.78 is 4.89. The normalized spacial score (nSPS) is 11.5. The molecular formula is C20H36O2. The molecule has 0 aromatic rings. The van der Waals surface area contributed by atoms with Crippen molar-refractivity contribution in [2.45, 2.75) is 90.9 Å². The van der Waals surface area contributed by atoms with Crippen molar-refractivity contribution in [1.29, 1.82) is 0 Å². The molecule has 2 nitrogen and oxygen atoms in total. The summed E-state index contributed by atoms with van der Waals surface area (Å²) in [5.74, 6) is -0.0656. The maximum absolute atomic E-state index is 11.1. The second-order valence-corrected chi connectivity index (χ2v) is 5.79. The molecule has 0 rings (SSSR count). The van der Waals surface area contributed by atoms with Gasteiger partial charge < -0.3 is 4.74 Å². The van der Waals surface area contributed by atoms with Crippen LogP contribution in [0, 0.1) is 0 Å². The molecule has 0 aliphatic rings. The van der Waals surface area contributed by atoms with Gasteiger partial charge in [0.25, 0.3) is 0 Å². The van der Waals surface area contributed by atoms with E-state index < -0.39 is 0 Å². The molecule has 128 valence electrons. The van der Waals surface area contributed by atoms with Crippen LogP contribution in [0.4, 0.5) is 0 Å². The fourth-order valence-corrected chi connectivity index (χ4v) is 2.31. The zero-order valence-electron chi connectivity index (χ0n) is 14.8. The number of ether oxygens (including phenoxy) is 1. The molecule has 0 atom stereocenters. The van der Waals surface area contributed by atoms with E-state index in [4.69, 9.17) is 4.74 Å². The maximum atomic E-state index is 11.1. The number of carbonyl (C=O) groups excluding carboxylic acids is 1. The summed E-state index contributed by atoms with van der Waals surface area (Å²) in [5, 5.41) is 0. The van der Waals surface area contributed by atoms with Crippen molar-refractivity contribution in [3.8, 4) is 0 Å². The molecule has 0 N–H and O–H groups in total. The Kier molecular flexibility index (Phi) is 17.1. The summed E-state index contributed by atoms with van der Waals surface area (Å²) in [6, 6.07) is 0. The fraction of sp³-hybridized carbons (Fsp3) is 0.750. The summed E-state index contributed by atoms with van der Waals surface area (Å²) >= 11 is 0. The number of allylic oxidation sites excluding steroid dienone is 4. The zero-order chi connectivity index (χ0) is 16.3. The molecule has 0 amide bonds. The predicted molar refractivity (Wildman–Crippen MR) is 96.0 cm³/mol. The van der Waals surface area contributed by atoms with Crippen LogP contribution in [0.3, 0.4) is 0 Å². The van der Waals surface area contributed by atoms with Crippen LogP contribution in [0.25, 0.3) is 0 Å². The molecule has 0 radical (unpaired) electrons. The van der Waals surface area contributed by atoms with E-state index in [1.165, 1.54) is 44.9 Å². The lowest BCUT2D eigenvalue weighted by molar-refractivity contribution is -0.143. The topological polar surface area (TPSA) is 26.3 Å². The second-order valence-electron chi connectivity index (χ2n) is 5.79. The van der Waals surface area contributed by atoms with E-state index in [9.17, 15) is 4.79 Å². The van der Waals surface area contributed by atoms with Crippen LogP contribution in [0.1, 0.15) is 90.9 Å². The number of hydrogen-bond donors (Lipinski definition) is 0. The highest BCUT2D eigenvalue weighted by atomic mass is 16.5. The summed E-state index contributed by atoms with van der Waals surface area (Å²) in [6.07, 6.45) is 23.1. The van der Waals surface area contributed by atoms with Crippen LogP contribution in [0.15, 0.2) is 24.3 Å². The van der Waals surface area contributed by atoms with E-state index in [-0.39, 0.29) is 5.97 Å². The van der Waals surface area contributed by atoms with Crippen LogP contribution in [0.5, 0.6) is 0 Å². The Labute approximate surface area is 138 Å². The van der Waals surface area contributed by atoms with Crippen LogP contribution in [-0.2, 0) is 9.53 Å². The highest BCUT2D eigenvalue weighted by molar-refractivity contribution is 5.69. The third-order valence-corrected chi connectivity index (χ3v) is 3.64. The average molecular weight is 309 g/mol. The third-order valence-electron chi connectivity index (χ3n) is 3.64. The lowest BCUT2D eigenvalue weighted by Crippen LogP contribution is -2.02. The zero-order valence-corrected chi connectivity index (χ0v) is 14.8. The molecule has 0 saturated heterocycles. The Morgan fingerprint density at radius 2 is 1.36 bits per heavy atom. The lowest BCUT2D eigenvalue weighted by Gasteiger charge is -1.99. The van der Waals surface area contributed by atoms with Crippen molar-refractivity contribution >= 4 is 5.97 Å². The Bertz CT molecular complexity index is 292. The van der Waals surface area contributed by atoms with Gasteiger partial charge in [0.15, 0.2) is 0 Å². The van der Waals surface area contributed by atoms with Crippen LogP contribution in [0.2, 0.25) is 0 Å². The van der Waals surface area contributed by atoms with Gasteiger partial charge in [0.05, 0.1) is 6.61 Å². The van der Waals surface area contributed by atoms with Crippen molar-refractivity contribution in [2.24, 2.45) is 0 Å². The van der Waals surface area contributed by atoms with E-state index in [1.54, 1.807) is 0 Å². The predicted octanol–water partition coefficient (Wildman–Crippen LogP) is 6.36. The number of unbranched alkanes of at least 4 members (excludes halogenated alkanes) is 8. The van der Waals surface area contributed by atoms with Gasteiger partial charge in [-0.1, -0.05) is 63.3 Å². The maximum Gasteiger partial charge on any atom is 0.305 e. The van der Waals surface area contributed by atoms with Crippen molar-refractivity contribution in [3.05, 3.63) is 24.3 Å². The number of rotatable bonds is 15. The van der Waals surface area contributed by atoms with E-state index >= 15 is 0 Å². The van der Waals surface area contributed by atoms with E-state index in [1.807, 2.05) is 6.92 Å². The highest BCUT2D eigenvalue weighted by Gasteiger charge is 1.99. The van der Waals surface area contributed by atoms with Gasteiger partial charge in [-0.25, -0.2) is 0 Å². The Morgan fingerprint density at radius 1 is 0.773 bits per heavy atom. The molecule has 0 bridgehead atoms. The van der Waals surface area contributed by atoms with Gasteiger partial charge in [-0.15, -0.1) is 0 Å². The van der Waals surface area contributed by atoms with Gasteiger partial charge >= 0.3 is 5.97 Å². The average Bonchev–Trinajstić information content (AvgIpc) is 2.51. The molecule has 0 saturated carbocycles. The number of hydrogen-bond acceptors (Lipinski definition) is 2. The second kappa shape index (κ2) is 18.0. The molecule has 0 spiro atoms. The van der Waals surface area contributed by atoms with Crippen molar-refractivity contribution in [2.75, 3.05) is 6.61 Å². The molecule has 0 aliphatic heterocycles. The van der Waals surface area contributed by atoms with Gasteiger partial charge in [-0.05, 0) is 45.4 Å². The van der Waals surface area contributed by atoms with Gasteiger partial charge in [-0.2, -0.15) is 0 Å². The fourth-order valence-electron chi connectivity index (χ4n) is 2.31. The SMILES string of the molecule is CCCCCCCCC=CCC=CCCCCC(=O)OCC. The van der Waals surface area contributed by atoms with Crippen LogP contribution in [-0.4, -0.2) is 12.6 Å². The first kappa shape index (κ1) is 20.9. The standard InChI is InChI=1S/C20H36O2/c1-3-5-6-7-8-9-10-11-12-13-14-15-16-17-18-19-20(21)22-4-2/h11-12,14-15H,3-10,13,16-19H2,1-2H3. The molecule has 0 aliphatic carbocycles. The minimum absolute atomic E-state index is 0.0656. The van der Waals surface area contributed by atoms with Crippen LogP contribution < -0.4 is 0 Å². The van der Waals surface area contributed by atoms with Crippen molar-refractivity contribution < 1.29 is 9.53 Å². The van der Waals surface area contributed by atoms with Gasteiger partial charge in [-0.3, -0.25) is 4.79 Å². The van der Waals surface area contributed by atoms with Gasteiger partial charge in [0.2, 0.25) is 0 Å². The third kappa shape index (κ3) is 17.0. The molecular weight excluding hydrogens is 272 g/mol. The smallest absolute Gasteiger partial charge is 0.305 e. The molecule has 0 unspecified atom stereocenters. The lowest BCUT2D eigenvalue weighted by atomic mass is 10.1. The summed E-state index contributed by atoms with van der Waals surface area (Å²) in [5.41, 5.74) is 0. The highest BCUT2D eigenvalue weighted by Crippen LogP contribution is 2.07. The Hall–Kier alpha value is -1.05. The summed E-state index contributed by atoms with van der Waals surface area (Å²) in [7, 11) is 0. The molecule has 0 aromatic carbocycles. The van der Waals surface area contributed by atoms with Gasteiger partial charge in [0.1, 0.15) is 0 Å². The van der Waals surface area contributed by atoms with E-state index in [2.05, 4.69) is 31.2 Å². The Balaban J connectivity index is 3.25. The quantitative estimate of drug-likeness (QED) is 0.200. The minimum Gasteiger partial charge on any atom is -0.466 e. The van der Waals surface area contributed by atoms with Crippen molar-refractivity contribution in [3.63, 3.8) is 0 Å². The van der Waals surface area contributed by atoms with Crippen LogP contribution >= 0.6 is 0 Å². The minimum atomic E-state index is -0.0656. The molecule has 0 fully saturated rings. The Morgan fingerprint density at radius 3 is 2.00 bits per heavy atom. The van der Waals surface area contributed by atoms with E-state index in [0.29, 0.717) is 13.0 Å². The first-order valence-electron chi connectivity index (χ1n) is 9.26. The van der Waals surface area contributed by atoms with Crippen molar-refractivity contribution in [1.82, 2.24) is 0 Å². The summed E-state index contributed by atoms with van der Waals surface area (Å²) in [4.78, 5) is 11.1. The first-order valence-corrected chi connectivity index (χ1v) is 9.26.